The Kier molecular flexibility index (Phi) is 7.07. The van der Waals surface area contributed by atoms with E-state index in [2.05, 4.69) is 17.6 Å². The third kappa shape index (κ3) is 5.16. The number of hydrogen-bond acceptors (Lipinski definition) is 5. The molecule has 1 aromatic rings. The number of amides is 1. The zero-order chi connectivity index (χ0) is 15.2. The molecular weight excluding hydrogens is 310 g/mol. The first-order chi connectivity index (χ1) is 10.1. The number of nitrogens with zero attached hydrogens (tertiary/aromatic N) is 1. The highest BCUT2D eigenvalue weighted by atomic mass is 35.5. The molecule has 1 aliphatic rings. The maximum absolute atomic E-state index is 11.8. The van der Waals surface area contributed by atoms with E-state index >= 15 is 0 Å². The van der Waals surface area contributed by atoms with Gasteiger partial charge in [-0.15, -0.1) is 12.4 Å². The number of nitrogens with one attached hydrogen (secondary N) is 2. The Morgan fingerprint density at radius 2 is 2.14 bits per heavy atom. The number of piperidine rings is 1. The van der Waals surface area contributed by atoms with Crippen LogP contribution in [0.4, 0.5) is 5.69 Å². The molecule has 1 fully saturated rings. The number of non-ortho nitro benzene ring substituents is 1. The van der Waals surface area contributed by atoms with Gasteiger partial charge in [0.15, 0.2) is 6.61 Å². The van der Waals surface area contributed by atoms with Crippen molar-refractivity contribution in [2.75, 3.05) is 19.7 Å². The summed E-state index contributed by atoms with van der Waals surface area (Å²) in [5.74, 6) is 0.689. The van der Waals surface area contributed by atoms with Crippen LogP contribution in [0.25, 0.3) is 0 Å². The van der Waals surface area contributed by atoms with Gasteiger partial charge in [0, 0.05) is 24.7 Å². The maximum atomic E-state index is 11.8. The highest BCUT2D eigenvalue weighted by Crippen LogP contribution is 2.17. The van der Waals surface area contributed by atoms with Gasteiger partial charge in [-0.1, -0.05) is 6.92 Å². The minimum absolute atomic E-state index is 0. The van der Waals surface area contributed by atoms with Gasteiger partial charge < -0.3 is 15.4 Å². The van der Waals surface area contributed by atoms with Crippen LogP contribution in [0, 0.1) is 16.0 Å². The quantitative estimate of drug-likeness (QED) is 0.631. The standard InChI is InChI=1S/C14H19N3O4.ClH/c1-10-6-7-15-8-13(10)16-14(18)9-21-12-4-2-11(3-5-12)17(19)20;/h2-5,10,13,15H,6-9H2,1H3,(H,16,18);1H. The number of carbonyl (C=O) groups excluding carboxylic acids is 1. The molecule has 1 aliphatic heterocycles. The van der Waals surface area contributed by atoms with E-state index < -0.39 is 4.92 Å². The fraction of sp³-hybridized carbons (Fsp3) is 0.500. The lowest BCUT2D eigenvalue weighted by Crippen LogP contribution is -2.51. The highest BCUT2D eigenvalue weighted by molar-refractivity contribution is 5.85. The van der Waals surface area contributed by atoms with Gasteiger partial charge >= 0.3 is 0 Å². The number of carbonyl (C=O) groups is 1. The van der Waals surface area contributed by atoms with Gasteiger partial charge in [0.25, 0.3) is 11.6 Å². The number of hydrogen-bond donors (Lipinski definition) is 2. The molecule has 2 N–H and O–H groups in total. The summed E-state index contributed by atoms with van der Waals surface area (Å²) in [6, 6.07) is 5.78. The third-order valence-electron chi connectivity index (χ3n) is 3.59. The number of ether oxygens (including phenoxy) is 1. The molecule has 122 valence electrons. The van der Waals surface area contributed by atoms with Crippen LogP contribution < -0.4 is 15.4 Å². The molecule has 8 heteroatoms. The fourth-order valence-electron chi connectivity index (χ4n) is 2.24. The molecule has 0 bridgehead atoms. The summed E-state index contributed by atoms with van der Waals surface area (Å²) in [7, 11) is 0. The normalized spacial score (nSPS) is 20.6. The molecule has 1 amide bonds. The number of halogens is 1. The molecule has 0 saturated carbocycles. The second kappa shape index (κ2) is 8.55. The molecule has 2 rings (SSSR count). The second-order valence-corrected chi connectivity index (χ2v) is 5.18. The van der Waals surface area contributed by atoms with Crippen LogP contribution in [0.3, 0.4) is 0 Å². The number of nitro benzene ring substituents is 1. The molecule has 0 spiro atoms. The van der Waals surface area contributed by atoms with Crippen molar-refractivity contribution in [2.24, 2.45) is 5.92 Å². The van der Waals surface area contributed by atoms with Gasteiger partial charge in [-0.05, 0) is 31.0 Å². The Morgan fingerprint density at radius 1 is 1.45 bits per heavy atom. The van der Waals surface area contributed by atoms with Gasteiger partial charge in [-0.25, -0.2) is 0 Å². The summed E-state index contributed by atoms with van der Waals surface area (Å²) in [4.78, 5) is 21.9. The van der Waals surface area contributed by atoms with Gasteiger partial charge in [0.1, 0.15) is 5.75 Å². The average Bonchev–Trinajstić information content (AvgIpc) is 2.48. The summed E-state index contributed by atoms with van der Waals surface area (Å²) in [6.45, 7) is 3.77. The van der Waals surface area contributed by atoms with E-state index in [4.69, 9.17) is 4.74 Å². The molecule has 1 saturated heterocycles. The summed E-state index contributed by atoms with van der Waals surface area (Å²) < 4.78 is 5.32. The summed E-state index contributed by atoms with van der Waals surface area (Å²) in [5, 5.41) is 16.7. The summed E-state index contributed by atoms with van der Waals surface area (Å²) in [5.41, 5.74) is -0.00564. The number of benzene rings is 1. The first-order valence-corrected chi connectivity index (χ1v) is 6.93. The lowest BCUT2D eigenvalue weighted by Gasteiger charge is -2.30. The maximum Gasteiger partial charge on any atom is 0.269 e. The first-order valence-electron chi connectivity index (χ1n) is 6.93. The second-order valence-electron chi connectivity index (χ2n) is 5.18. The predicted molar refractivity (Wildman–Crippen MR) is 84.4 cm³/mol. The Morgan fingerprint density at radius 3 is 2.73 bits per heavy atom. The van der Waals surface area contributed by atoms with Crippen LogP contribution >= 0.6 is 12.4 Å². The minimum atomic E-state index is -0.478. The van der Waals surface area contributed by atoms with E-state index in [-0.39, 0.29) is 36.7 Å². The van der Waals surface area contributed by atoms with Crippen LogP contribution in [0.1, 0.15) is 13.3 Å². The highest BCUT2D eigenvalue weighted by Gasteiger charge is 2.22. The van der Waals surface area contributed by atoms with Crippen molar-refractivity contribution in [3.05, 3.63) is 34.4 Å². The zero-order valence-corrected chi connectivity index (χ0v) is 13.1. The van der Waals surface area contributed by atoms with E-state index in [1.54, 1.807) is 0 Å². The van der Waals surface area contributed by atoms with Crippen molar-refractivity contribution < 1.29 is 14.5 Å². The molecule has 0 radical (unpaired) electrons. The molecular formula is C14H20ClN3O4. The lowest BCUT2D eigenvalue weighted by molar-refractivity contribution is -0.384. The first kappa shape index (κ1) is 18.2. The Labute approximate surface area is 135 Å². The fourth-order valence-corrected chi connectivity index (χ4v) is 2.24. The molecule has 22 heavy (non-hydrogen) atoms. The SMILES string of the molecule is CC1CCNCC1NC(=O)COc1ccc([N+](=O)[O-])cc1.Cl. The van der Waals surface area contributed by atoms with Crippen LogP contribution in [0.5, 0.6) is 5.75 Å². The monoisotopic (exact) mass is 329 g/mol. The molecule has 7 nitrogen and oxygen atoms in total. The van der Waals surface area contributed by atoms with Crippen LogP contribution in [-0.2, 0) is 4.79 Å². The Bertz CT molecular complexity index is 509. The van der Waals surface area contributed by atoms with Gasteiger partial charge in [0.05, 0.1) is 4.92 Å². The van der Waals surface area contributed by atoms with Crippen molar-refractivity contribution in [1.82, 2.24) is 10.6 Å². The van der Waals surface area contributed by atoms with Crippen molar-refractivity contribution in [1.29, 1.82) is 0 Å². The van der Waals surface area contributed by atoms with E-state index in [9.17, 15) is 14.9 Å². The Hall–Kier alpha value is -1.86. The Balaban J connectivity index is 0.00000242. The lowest BCUT2D eigenvalue weighted by atomic mass is 9.95. The van der Waals surface area contributed by atoms with Crippen LogP contribution in [0.15, 0.2) is 24.3 Å². The van der Waals surface area contributed by atoms with Crippen molar-refractivity contribution in [3.8, 4) is 5.75 Å². The van der Waals surface area contributed by atoms with Crippen LogP contribution in [0.2, 0.25) is 0 Å². The van der Waals surface area contributed by atoms with Gasteiger partial charge in [0.2, 0.25) is 0 Å². The molecule has 0 aromatic heterocycles. The minimum Gasteiger partial charge on any atom is -0.484 e. The van der Waals surface area contributed by atoms with Crippen molar-refractivity contribution >= 4 is 24.0 Å². The molecule has 2 unspecified atom stereocenters. The largest absolute Gasteiger partial charge is 0.484 e. The van der Waals surface area contributed by atoms with Gasteiger partial charge in [-0.2, -0.15) is 0 Å². The summed E-state index contributed by atoms with van der Waals surface area (Å²) >= 11 is 0. The molecule has 2 atom stereocenters. The van der Waals surface area contributed by atoms with E-state index in [1.807, 2.05) is 0 Å². The number of nitro groups is 1. The van der Waals surface area contributed by atoms with Crippen LogP contribution in [-0.4, -0.2) is 36.6 Å². The zero-order valence-electron chi connectivity index (χ0n) is 12.3. The van der Waals surface area contributed by atoms with E-state index in [0.717, 1.165) is 19.5 Å². The van der Waals surface area contributed by atoms with E-state index in [1.165, 1.54) is 24.3 Å². The van der Waals surface area contributed by atoms with E-state index in [0.29, 0.717) is 11.7 Å². The smallest absolute Gasteiger partial charge is 0.269 e. The van der Waals surface area contributed by atoms with Crippen molar-refractivity contribution in [2.45, 2.75) is 19.4 Å². The molecule has 1 heterocycles. The predicted octanol–water partition coefficient (Wildman–Crippen LogP) is 1.51. The van der Waals surface area contributed by atoms with Crippen molar-refractivity contribution in [3.63, 3.8) is 0 Å². The van der Waals surface area contributed by atoms with Gasteiger partial charge in [-0.3, -0.25) is 14.9 Å². The average molecular weight is 330 g/mol. The third-order valence-corrected chi connectivity index (χ3v) is 3.59. The number of rotatable bonds is 5. The molecule has 0 aliphatic carbocycles. The summed E-state index contributed by atoms with van der Waals surface area (Å²) in [6.07, 6.45) is 1.04. The molecule has 1 aromatic carbocycles. The topological polar surface area (TPSA) is 93.5 Å².